The Morgan fingerprint density at radius 2 is 2.10 bits per heavy atom. The lowest BCUT2D eigenvalue weighted by molar-refractivity contribution is 0.557. The van der Waals surface area contributed by atoms with Gasteiger partial charge in [0.05, 0.1) is 8.81 Å². The molecule has 0 aliphatic rings. The van der Waals surface area contributed by atoms with Crippen molar-refractivity contribution in [3.8, 4) is 0 Å². The van der Waals surface area contributed by atoms with Crippen molar-refractivity contribution in [3.63, 3.8) is 0 Å². The Bertz CT molecular complexity index is 765. The van der Waals surface area contributed by atoms with E-state index in [1.54, 1.807) is 0 Å². The molecule has 114 valence electrons. The molecule has 9 heteroatoms. The first-order valence-electron chi connectivity index (χ1n) is 5.78. The van der Waals surface area contributed by atoms with E-state index in [1.807, 2.05) is 12.1 Å². The molecule has 1 aromatic heterocycles. The van der Waals surface area contributed by atoms with E-state index in [2.05, 4.69) is 20.7 Å². The van der Waals surface area contributed by atoms with Gasteiger partial charge in [-0.1, -0.05) is 11.6 Å². The lowest BCUT2D eigenvalue weighted by atomic mass is 10.3. The Labute approximate surface area is 139 Å². The molecule has 0 saturated heterocycles. The summed E-state index contributed by atoms with van der Waals surface area (Å²) in [6, 6.07) is 5.98. The predicted molar refractivity (Wildman–Crippen MR) is 86.7 cm³/mol. The maximum atomic E-state index is 13.8. The van der Waals surface area contributed by atoms with Crippen LogP contribution in [0.25, 0.3) is 0 Å². The molecule has 21 heavy (non-hydrogen) atoms. The first kappa shape index (κ1) is 16.7. The van der Waals surface area contributed by atoms with E-state index >= 15 is 0 Å². The van der Waals surface area contributed by atoms with Gasteiger partial charge in [0.2, 0.25) is 10.0 Å². The van der Waals surface area contributed by atoms with E-state index in [9.17, 15) is 12.8 Å². The van der Waals surface area contributed by atoms with Gasteiger partial charge < -0.3 is 5.73 Å². The fourth-order valence-electron chi connectivity index (χ4n) is 1.65. The Hall–Kier alpha value is -0.670. The molecule has 0 spiro atoms. The number of hydrogen-bond donors (Lipinski definition) is 2. The fraction of sp³-hybridized carbons (Fsp3) is 0.167. The standard InChI is InChI=1S/C12H11BrClFN2O2S2/c13-11-2-1-8(20-11)3-4-17-21(18,19)10-6-7(16)5-9(14)12(10)15/h1-2,5-6,17H,3-4,16H2. The molecule has 4 nitrogen and oxygen atoms in total. The Morgan fingerprint density at radius 3 is 2.71 bits per heavy atom. The smallest absolute Gasteiger partial charge is 0.243 e. The third-order valence-electron chi connectivity index (χ3n) is 2.60. The molecule has 1 aromatic carbocycles. The molecule has 2 rings (SSSR count). The van der Waals surface area contributed by atoms with Crippen molar-refractivity contribution in [2.75, 3.05) is 12.3 Å². The minimum absolute atomic E-state index is 0.0870. The van der Waals surface area contributed by atoms with Crippen LogP contribution in [0.5, 0.6) is 0 Å². The molecule has 3 N–H and O–H groups in total. The zero-order chi connectivity index (χ0) is 15.6. The second kappa shape index (κ2) is 6.62. The summed E-state index contributed by atoms with van der Waals surface area (Å²) in [7, 11) is -4.00. The van der Waals surface area contributed by atoms with Gasteiger partial charge in [-0.2, -0.15) is 0 Å². The van der Waals surface area contributed by atoms with Gasteiger partial charge in [-0.05, 0) is 46.6 Å². The summed E-state index contributed by atoms with van der Waals surface area (Å²) >= 11 is 10.4. The van der Waals surface area contributed by atoms with Crippen LogP contribution in [0.2, 0.25) is 5.02 Å². The SMILES string of the molecule is Nc1cc(Cl)c(F)c(S(=O)(=O)NCCc2ccc(Br)s2)c1. The van der Waals surface area contributed by atoms with Crippen LogP contribution in [0.15, 0.2) is 32.9 Å². The molecule has 0 amide bonds. The number of anilines is 1. The second-order valence-electron chi connectivity index (χ2n) is 4.17. The number of benzene rings is 1. The summed E-state index contributed by atoms with van der Waals surface area (Å²) in [5.41, 5.74) is 5.59. The molecule has 0 radical (unpaired) electrons. The third kappa shape index (κ3) is 4.17. The highest BCUT2D eigenvalue weighted by Gasteiger charge is 2.21. The molecule has 2 aromatic rings. The van der Waals surface area contributed by atoms with Crippen LogP contribution in [0.4, 0.5) is 10.1 Å². The van der Waals surface area contributed by atoms with Crippen molar-refractivity contribution in [3.05, 3.63) is 43.8 Å². The van der Waals surface area contributed by atoms with Crippen LogP contribution in [0.1, 0.15) is 4.88 Å². The summed E-state index contributed by atoms with van der Waals surface area (Å²) in [5, 5.41) is -0.322. The van der Waals surface area contributed by atoms with Gasteiger partial charge in [0.15, 0.2) is 5.82 Å². The number of hydrogen-bond acceptors (Lipinski definition) is 4. The second-order valence-corrected chi connectivity index (χ2v) is 8.86. The maximum Gasteiger partial charge on any atom is 0.243 e. The highest BCUT2D eigenvalue weighted by molar-refractivity contribution is 9.11. The Kier molecular flexibility index (Phi) is 5.26. The normalized spacial score (nSPS) is 11.8. The van der Waals surface area contributed by atoms with E-state index in [-0.39, 0.29) is 17.3 Å². The topological polar surface area (TPSA) is 72.2 Å². The van der Waals surface area contributed by atoms with Crippen molar-refractivity contribution < 1.29 is 12.8 Å². The van der Waals surface area contributed by atoms with Crippen LogP contribution in [0, 0.1) is 5.82 Å². The van der Waals surface area contributed by atoms with E-state index in [0.717, 1.165) is 14.7 Å². The van der Waals surface area contributed by atoms with E-state index in [1.165, 1.54) is 17.4 Å². The van der Waals surface area contributed by atoms with Crippen LogP contribution in [-0.4, -0.2) is 15.0 Å². The van der Waals surface area contributed by atoms with Crippen LogP contribution in [-0.2, 0) is 16.4 Å². The maximum absolute atomic E-state index is 13.8. The minimum atomic E-state index is -4.00. The van der Waals surface area contributed by atoms with Gasteiger partial charge in [0.25, 0.3) is 0 Å². The predicted octanol–water partition coefficient (Wildman–Crippen LogP) is 3.41. The van der Waals surface area contributed by atoms with Crippen LogP contribution in [0.3, 0.4) is 0 Å². The first-order chi connectivity index (χ1) is 9.79. The van der Waals surface area contributed by atoms with Gasteiger partial charge in [-0.3, -0.25) is 0 Å². The van der Waals surface area contributed by atoms with Crippen molar-refractivity contribution in [2.24, 2.45) is 0 Å². The van der Waals surface area contributed by atoms with Crippen molar-refractivity contribution in [1.82, 2.24) is 4.72 Å². The minimum Gasteiger partial charge on any atom is -0.399 e. The Morgan fingerprint density at radius 1 is 1.38 bits per heavy atom. The van der Waals surface area contributed by atoms with E-state index < -0.39 is 20.7 Å². The number of nitrogens with one attached hydrogen (secondary N) is 1. The molecule has 0 unspecified atom stereocenters. The number of halogens is 3. The lowest BCUT2D eigenvalue weighted by Gasteiger charge is -2.09. The molecule has 1 heterocycles. The van der Waals surface area contributed by atoms with Gasteiger partial charge in [-0.25, -0.2) is 17.5 Å². The Balaban J connectivity index is 2.12. The molecular formula is C12H11BrClFN2O2S2. The fourth-order valence-corrected chi connectivity index (χ4v) is 4.58. The molecule has 0 bridgehead atoms. The van der Waals surface area contributed by atoms with Gasteiger partial charge in [0, 0.05) is 17.1 Å². The average molecular weight is 414 g/mol. The van der Waals surface area contributed by atoms with E-state index in [4.69, 9.17) is 17.3 Å². The highest BCUT2D eigenvalue weighted by Crippen LogP contribution is 2.26. The highest BCUT2D eigenvalue weighted by atomic mass is 79.9. The lowest BCUT2D eigenvalue weighted by Crippen LogP contribution is -2.26. The molecule has 0 aliphatic heterocycles. The van der Waals surface area contributed by atoms with Gasteiger partial charge in [0.1, 0.15) is 4.90 Å². The molecule has 0 saturated carbocycles. The number of sulfonamides is 1. The van der Waals surface area contributed by atoms with Crippen LogP contribution < -0.4 is 10.5 Å². The van der Waals surface area contributed by atoms with Crippen molar-refractivity contribution >= 4 is 54.6 Å². The van der Waals surface area contributed by atoms with Gasteiger partial charge in [-0.15, -0.1) is 11.3 Å². The largest absolute Gasteiger partial charge is 0.399 e. The molecule has 0 fully saturated rings. The summed E-state index contributed by atoms with van der Waals surface area (Å²) < 4.78 is 41.3. The molecular weight excluding hydrogens is 403 g/mol. The number of nitrogen functional groups attached to an aromatic ring is 1. The number of nitrogens with two attached hydrogens (primary N) is 1. The summed E-state index contributed by atoms with van der Waals surface area (Å²) in [5.74, 6) is -1.00. The summed E-state index contributed by atoms with van der Waals surface area (Å²) in [6.07, 6.45) is 0.507. The summed E-state index contributed by atoms with van der Waals surface area (Å²) in [6.45, 7) is 0.154. The zero-order valence-electron chi connectivity index (χ0n) is 10.6. The number of rotatable bonds is 5. The number of thiophene rings is 1. The zero-order valence-corrected chi connectivity index (χ0v) is 14.5. The summed E-state index contributed by atoms with van der Waals surface area (Å²) in [4.78, 5) is 0.468. The quantitative estimate of drug-likeness (QED) is 0.738. The average Bonchev–Trinajstić information content (AvgIpc) is 2.79. The monoisotopic (exact) mass is 412 g/mol. The first-order valence-corrected chi connectivity index (χ1v) is 9.25. The van der Waals surface area contributed by atoms with Gasteiger partial charge >= 0.3 is 0 Å². The molecule has 0 aliphatic carbocycles. The van der Waals surface area contributed by atoms with Crippen molar-refractivity contribution in [1.29, 1.82) is 0 Å². The molecule has 0 atom stereocenters. The van der Waals surface area contributed by atoms with E-state index in [0.29, 0.717) is 6.42 Å². The van der Waals surface area contributed by atoms with Crippen LogP contribution >= 0.6 is 38.9 Å². The third-order valence-corrected chi connectivity index (χ3v) is 6.02. The van der Waals surface area contributed by atoms with Crippen molar-refractivity contribution in [2.45, 2.75) is 11.3 Å².